The van der Waals surface area contributed by atoms with Crippen LogP contribution in [0.2, 0.25) is 0 Å². The standard InChI is InChI=1S/C19H25N3O4/c1-3-19(15-7-5-4-6-8-15)17(24)22(18(25)20-19)13-21-11-9-14(10-12-21)16(23)26-2/h4-8,14H,3,9-13H2,1-2H3,(H,20,25)/p+1/t19-/m1/s1. The molecule has 0 spiro atoms. The average molecular weight is 360 g/mol. The van der Waals surface area contributed by atoms with Gasteiger partial charge in [-0.1, -0.05) is 37.3 Å². The number of amides is 3. The summed E-state index contributed by atoms with van der Waals surface area (Å²) in [5.41, 5.74) is -0.176. The molecule has 0 aliphatic carbocycles. The largest absolute Gasteiger partial charge is 0.469 e. The highest BCUT2D eigenvalue weighted by Crippen LogP contribution is 2.31. The fourth-order valence-corrected chi connectivity index (χ4v) is 3.94. The number of esters is 1. The zero-order valence-electron chi connectivity index (χ0n) is 15.3. The van der Waals surface area contributed by atoms with E-state index in [1.165, 1.54) is 12.0 Å². The Balaban J connectivity index is 1.69. The van der Waals surface area contributed by atoms with Gasteiger partial charge < -0.3 is 15.0 Å². The van der Waals surface area contributed by atoms with Crippen LogP contribution < -0.4 is 10.2 Å². The number of urea groups is 1. The van der Waals surface area contributed by atoms with Crippen LogP contribution >= 0.6 is 0 Å². The molecule has 0 radical (unpaired) electrons. The Labute approximate surface area is 153 Å². The van der Waals surface area contributed by atoms with E-state index in [-0.39, 0.29) is 23.8 Å². The molecule has 2 aliphatic rings. The lowest BCUT2D eigenvalue weighted by molar-refractivity contribution is -0.913. The summed E-state index contributed by atoms with van der Waals surface area (Å²) in [7, 11) is 1.41. The van der Waals surface area contributed by atoms with Crippen molar-refractivity contribution in [3.8, 4) is 0 Å². The van der Waals surface area contributed by atoms with Crippen LogP contribution in [0.15, 0.2) is 30.3 Å². The number of rotatable bonds is 5. The monoisotopic (exact) mass is 360 g/mol. The summed E-state index contributed by atoms with van der Waals surface area (Å²) in [5, 5.41) is 2.91. The maximum absolute atomic E-state index is 13.1. The van der Waals surface area contributed by atoms with Crippen molar-refractivity contribution < 1.29 is 24.0 Å². The van der Waals surface area contributed by atoms with E-state index < -0.39 is 5.54 Å². The molecular formula is C19H26N3O4+. The SMILES string of the molecule is CC[C@]1(c2ccccc2)NC(=O)N(C[NH+]2CCC(C(=O)OC)CC2)C1=O. The maximum Gasteiger partial charge on any atom is 0.329 e. The maximum atomic E-state index is 13.1. The first-order valence-corrected chi connectivity index (χ1v) is 9.13. The molecule has 3 rings (SSSR count). The van der Waals surface area contributed by atoms with E-state index in [0.29, 0.717) is 25.9 Å². The Hall–Kier alpha value is -2.41. The molecule has 7 nitrogen and oxygen atoms in total. The van der Waals surface area contributed by atoms with Gasteiger partial charge in [0.25, 0.3) is 5.91 Å². The molecule has 0 aromatic heterocycles. The first-order valence-electron chi connectivity index (χ1n) is 9.13. The molecule has 140 valence electrons. The van der Waals surface area contributed by atoms with Gasteiger partial charge in [0.05, 0.1) is 26.1 Å². The Kier molecular flexibility index (Phi) is 5.27. The predicted octanol–water partition coefficient (Wildman–Crippen LogP) is 0.269. The van der Waals surface area contributed by atoms with Crippen molar-refractivity contribution in [2.45, 2.75) is 31.7 Å². The van der Waals surface area contributed by atoms with E-state index in [0.717, 1.165) is 23.6 Å². The number of nitrogens with one attached hydrogen (secondary N) is 2. The van der Waals surface area contributed by atoms with Gasteiger partial charge in [0.2, 0.25) is 0 Å². The number of benzene rings is 1. The van der Waals surface area contributed by atoms with Crippen molar-refractivity contribution in [3.63, 3.8) is 0 Å². The average Bonchev–Trinajstić information content (AvgIpc) is 2.93. The number of carbonyl (C=O) groups excluding carboxylic acids is 3. The van der Waals surface area contributed by atoms with Gasteiger partial charge >= 0.3 is 12.0 Å². The number of ether oxygens (including phenoxy) is 1. The lowest BCUT2D eigenvalue weighted by Gasteiger charge is -2.30. The highest BCUT2D eigenvalue weighted by atomic mass is 16.5. The first kappa shape index (κ1) is 18.4. The number of likely N-dealkylation sites (tertiary alicyclic amines) is 1. The van der Waals surface area contributed by atoms with Crippen LogP contribution in [-0.4, -0.2) is 49.7 Å². The van der Waals surface area contributed by atoms with Crippen LogP contribution in [0.25, 0.3) is 0 Å². The van der Waals surface area contributed by atoms with Gasteiger partial charge in [0.15, 0.2) is 6.67 Å². The molecule has 2 aliphatic heterocycles. The van der Waals surface area contributed by atoms with Crippen LogP contribution in [0, 0.1) is 5.92 Å². The summed E-state index contributed by atoms with van der Waals surface area (Å²) in [6, 6.07) is 9.04. The smallest absolute Gasteiger partial charge is 0.329 e. The second kappa shape index (κ2) is 7.45. The van der Waals surface area contributed by atoms with Crippen LogP contribution in [-0.2, 0) is 19.9 Å². The van der Waals surface area contributed by atoms with Gasteiger partial charge in [-0.3, -0.25) is 9.59 Å². The van der Waals surface area contributed by atoms with Crippen LogP contribution in [0.4, 0.5) is 4.79 Å². The third kappa shape index (κ3) is 3.19. The number of hydrogen-bond donors (Lipinski definition) is 2. The molecule has 1 aromatic rings. The highest BCUT2D eigenvalue weighted by molar-refractivity contribution is 6.07. The zero-order chi connectivity index (χ0) is 18.7. The molecule has 2 fully saturated rings. The number of carbonyl (C=O) groups is 3. The normalized spacial score (nSPS) is 28.8. The van der Waals surface area contributed by atoms with Crippen molar-refractivity contribution >= 4 is 17.9 Å². The number of nitrogens with zero attached hydrogens (tertiary/aromatic N) is 1. The predicted molar refractivity (Wildman–Crippen MR) is 94.1 cm³/mol. The second-order valence-corrected chi connectivity index (χ2v) is 6.99. The lowest BCUT2D eigenvalue weighted by Crippen LogP contribution is -3.14. The van der Waals surface area contributed by atoms with Crippen LogP contribution in [0.3, 0.4) is 0 Å². The molecular weight excluding hydrogens is 334 g/mol. The summed E-state index contributed by atoms with van der Waals surface area (Å²) in [6.07, 6.45) is 1.92. The molecule has 0 bridgehead atoms. The van der Waals surface area contributed by atoms with Gasteiger partial charge in [-0.25, -0.2) is 9.69 Å². The number of imide groups is 1. The third-order valence-corrected chi connectivity index (χ3v) is 5.58. The molecule has 1 aromatic carbocycles. The van der Waals surface area contributed by atoms with Gasteiger partial charge in [0.1, 0.15) is 5.54 Å². The summed E-state index contributed by atoms with van der Waals surface area (Å²) in [4.78, 5) is 39.7. The summed E-state index contributed by atoms with van der Waals surface area (Å²) >= 11 is 0. The van der Waals surface area contributed by atoms with Crippen molar-refractivity contribution in [1.29, 1.82) is 0 Å². The Morgan fingerprint density at radius 2 is 1.92 bits per heavy atom. The molecule has 3 amide bonds. The van der Waals surface area contributed by atoms with Gasteiger partial charge in [-0.05, 0) is 12.0 Å². The highest BCUT2D eigenvalue weighted by Gasteiger charge is 2.52. The summed E-state index contributed by atoms with van der Waals surface area (Å²) in [5.74, 6) is -0.446. The van der Waals surface area contributed by atoms with Gasteiger partial charge in [-0.15, -0.1) is 0 Å². The second-order valence-electron chi connectivity index (χ2n) is 6.99. The van der Waals surface area contributed by atoms with E-state index in [9.17, 15) is 14.4 Å². The number of methoxy groups -OCH3 is 1. The lowest BCUT2D eigenvalue weighted by atomic mass is 9.87. The van der Waals surface area contributed by atoms with Crippen LogP contribution in [0.5, 0.6) is 0 Å². The Morgan fingerprint density at radius 3 is 2.50 bits per heavy atom. The number of piperidine rings is 1. The first-order chi connectivity index (χ1) is 12.5. The Morgan fingerprint density at radius 1 is 1.27 bits per heavy atom. The van der Waals surface area contributed by atoms with Gasteiger partial charge in [-0.2, -0.15) is 0 Å². The molecule has 2 heterocycles. The quantitative estimate of drug-likeness (QED) is 0.583. The minimum Gasteiger partial charge on any atom is -0.469 e. The molecule has 7 heteroatoms. The fraction of sp³-hybridized carbons (Fsp3) is 0.526. The van der Waals surface area contributed by atoms with Gasteiger partial charge in [0, 0.05) is 12.8 Å². The van der Waals surface area contributed by atoms with Crippen molar-refractivity contribution in [2.24, 2.45) is 5.92 Å². The van der Waals surface area contributed by atoms with E-state index in [1.54, 1.807) is 0 Å². The molecule has 0 unspecified atom stereocenters. The molecule has 26 heavy (non-hydrogen) atoms. The Bertz CT molecular complexity index is 685. The third-order valence-electron chi connectivity index (χ3n) is 5.58. The summed E-state index contributed by atoms with van der Waals surface area (Å²) in [6.45, 7) is 3.71. The van der Waals surface area contributed by atoms with E-state index in [1.807, 2.05) is 37.3 Å². The topological polar surface area (TPSA) is 80.2 Å². The number of quaternary nitrogens is 1. The van der Waals surface area contributed by atoms with E-state index >= 15 is 0 Å². The molecule has 2 saturated heterocycles. The minimum atomic E-state index is -0.984. The van der Waals surface area contributed by atoms with Crippen molar-refractivity contribution in [3.05, 3.63) is 35.9 Å². The fourth-order valence-electron chi connectivity index (χ4n) is 3.94. The van der Waals surface area contributed by atoms with Crippen LogP contribution in [0.1, 0.15) is 31.7 Å². The molecule has 2 N–H and O–H groups in total. The van der Waals surface area contributed by atoms with E-state index in [2.05, 4.69) is 5.32 Å². The van der Waals surface area contributed by atoms with Crippen molar-refractivity contribution in [2.75, 3.05) is 26.9 Å². The van der Waals surface area contributed by atoms with E-state index in [4.69, 9.17) is 4.74 Å². The minimum absolute atomic E-state index is 0.0779. The van der Waals surface area contributed by atoms with Crippen molar-refractivity contribution in [1.82, 2.24) is 10.2 Å². The zero-order valence-corrected chi connectivity index (χ0v) is 15.3. The number of hydrogen-bond acceptors (Lipinski definition) is 4. The molecule has 1 atom stereocenters. The molecule has 0 saturated carbocycles. The summed E-state index contributed by atoms with van der Waals surface area (Å²) < 4.78 is 4.81.